The number of nitrogens with two attached hydrogens (primary N) is 1. The molecule has 1 atom stereocenters. The van der Waals surface area contributed by atoms with Crippen molar-refractivity contribution in [3.05, 3.63) is 17.2 Å². The molecule has 0 aliphatic rings. The zero-order valence-corrected chi connectivity index (χ0v) is 7.60. The van der Waals surface area contributed by atoms with Crippen molar-refractivity contribution >= 4 is 18.1 Å². The molecular formula is C7H11N3OS. The van der Waals surface area contributed by atoms with E-state index in [-0.39, 0.29) is 11.9 Å². The molecule has 66 valence electrons. The number of amides is 1. The van der Waals surface area contributed by atoms with Crippen LogP contribution in [0.4, 0.5) is 0 Å². The molecule has 0 radical (unpaired) electrons. The van der Waals surface area contributed by atoms with Crippen LogP contribution in [0.3, 0.4) is 0 Å². The van der Waals surface area contributed by atoms with Gasteiger partial charge in [-0.25, -0.2) is 0 Å². The summed E-state index contributed by atoms with van der Waals surface area (Å²) in [6.07, 6.45) is 3.85. The van der Waals surface area contributed by atoms with Crippen molar-refractivity contribution in [1.82, 2.24) is 9.55 Å². The summed E-state index contributed by atoms with van der Waals surface area (Å²) >= 11 is 4.97. The van der Waals surface area contributed by atoms with E-state index >= 15 is 0 Å². The van der Waals surface area contributed by atoms with Crippen LogP contribution in [0.15, 0.2) is 12.4 Å². The third-order valence-electron chi connectivity index (χ3n) is 1.65. The number of aromatic amines is 1. The Hall–Kier alpha value is -1.10. The van der Waals surface area contributed by atoms with Gasteiger partial charge in [-0.3, -0.25) is 4.79 Å². The van der Waals surface area contributed by atoms with Crippen molar-refractivity contribution in [1.29, 1.82) is 0 Å². The highest BCUT2D eigenvalue weighted by Gasteiger charge is 2.07. The lowest BCUT2D eigenvalue weighted by molar-refractivity contribution is -0.118. The molecule has 1 unspecified atom stereocenters. The van der Waals surface area contributed by atoms with Crippen molar-refractivity contribution in [2.45, 2.75) is 19.4 Å². The van der Waals surface area contributed by atoms with Gasteiger partial charge in [-0.1, -0.05) is 0 Å². The SMILES string of the molecule is CC(CC(N)=O)n1cc[nH]c1=S. The van der Waals surface area contributed by atoms with E-state index in [9.17, 15) is 4.79 Å². The molecule has 5 heteroatoms. The quantitative estimate of drug-likeness (QED) is 0.689. The van der Waals surface area contributed by atoms with Gasteiger partial charge in [0.05, 0.1) is 0 Å². The average Bonchev–Trinajstić information content (AvgIpc) is 2.33. The Morgan fingerprint density at radius 1 is 1.92 bits per heavy atom. The fraction of sp³-hybridized carbons (Fsp3) is 0.429. The van der Waals surface area contributed by atoms with Crippen molar-refractivity contribution in [3.63, 3.8) is 0 Å². The summed E-state index contributed by atoms with van der Waals surface area (Å²) < 4.78 is 2.42. The second-order valence-electron chi connectivity index (χ2n) is 2.69. The molecular weight excluding hydrogens is 174 g/mol. The van der Waals surface area contributed by atoms with E-state index in [4.69, 9.17) is 18.0 Å². The van der Waals surface area contributed by atoms with Gasteiger partial charge in [-0.05, 0) is 19.1 Å². The van der Waals surface area contributed by atoms with E-state index in [1.807, 2.05) is 6.92 Å². The van der Waals surface area contributed by atoms with Crippen LogP contribution in [0.5, 0.6) is 0 Å². The Balaban J connectivity index is 2.78. The van der Waals surface area contributed by atoms with E-state index in [1.165, 1.54) is 0 Å². The maximum atomic E-state index is 10.6. The van der Waals surface area contributed by atoms with Gasteiger partial charge in [0.2, 0.25) is 5.91 Å². The Morgan fingerprint density at radius 2 is 2.58 bits per heavy atom. The molecule has 0 spiro atoms. The van der Waals surface area contributed by atoms with Gasteiger partial charge < -0.3 is 15.3 Å². The molecule has 0 fully saturated rings. The molecule has 1 aromatic rings. The van der Waals surface area contributed by atoms with Crippen molar-refractivity contribution in [2.75, 3.05) is 0 Å². The van der Waals surface area contributed by atoms with Crippen LogP contribution in [0.2, 0.25) is 0 Å². The van der Waals surface area contributed by atoms with Crippen molar-refractivity contribution in [2.24, 2.45) is 5.73 Å². The van der Waals surface area contributed by atoms with Crippen LogP contribution in [0.1, 0.15) is 19.4 Å². The Bertz CT molecular complexity index is 327. The van der Waals surface area contributed by atoms with E-state index in [0.717, 1.165) is 0 Å². The fourth-order valence-electron chi connectivity index (χ4n) is 1.07. The number of hydrogen-bond donors (Lipinski definition) is 2. The third-order valence-corrected chi connectivity index (χ3v) is 1.98. The molecule has 12 heavy (non-hydrogen) atoms. The van der Waals surface area contributed by atoms with E-state index < -0.39 is 0 Å². The Kier molecular flexibility index (Phi) is 2.65. The van der Waals surface area contributed by atoms with Gasteiger partial charge >= 0.3 is 0 Å². The van der Waals surface area contributed by atoms with Crippen LogP contribution in [-0.2, 0) is 4.79 Å². The zero-order chi connectivity index (χ0) is 9.14. The Morgan fingerprint density at radius 3 is 3.00 bits per heavy atom. The average molecular weight is 185 g/mol. The Labute approximate surface area is 75.4 Å². The van der Waals surface area contributed by atoms with Gasteiger partial charge in [0.1, 0.15) is 0 Å². The number of hydrogen-bond acceptors (Lipinski definition) is 2. The maximum Gasteiger partial charge on any atom is 0.219 e. The van der Waals surface area contributed by atoms with Crippen LogP contribution in [-0.4, -0.2) is 15.5 Å². The molecule has 1 aromatic heterocycles. The largest absolute Gasteiger partial charge is 0.370 e. The molecule has 0 aromatic carbocycles. The summed E-state index contributed by atoms with van der Waals surface area (Å²) in [6, 6.07) is 0.0289. The summed E-state index contributed by atoms with van der Waals surface area (Å²) in [5.74, 6) is -0.314. The first-order valence-corrected chi connectivity index (χ1v) is 4.06. The minimum absolute atomic E-state index is 0.0289. The number of rotatable bonds is 3. The predicted molar refractivity (Wildman–Crippen MR) is 48.1 cm³/mol. The van der Waals surface area contributed by atoms with Crippen LogP contribution in [0, 0.1) is 4.77 Å². The molecule has 0 saturated carbocycles. The number of nitrogens with zero attached hydrogens (tertiary/aromatic N) is 1. The zero-order valence-electron chi connectivity index (χ0n) is 6.78. The first-order valence-electron chi connectivity index (χ1n) is 3.65. The van der Waals surface area contributed by atoms with Crippen LogP contribution < -0.4 is 5.73 Å². The summed E-state index contributed by atoms with van der Waals surface area (Å²) in [5.41, 5.74) is 5.05. The standard InChI is InChI=1S/C7H11N3OS/c1-5(4-6(8)11)10-3-2-9-7(10)12/h2-3,5H,4H2,1H3,(H2,8,11)(H,9,12). The van der Waals surface area contributed by atoms with Gasteiger partial charge in [0, 0.05) is 24.9 Å². The van der Waals surface area contributed by atoms with Crippen molar-refractivity contribution < 1.29 is 4.79 Å². The summed E-state index contributed by atoms with van der Waals surface area (Å²) in [4.78, 5) is 13.4. The molecule has 0 saturated heterocycles. The minimum atomic E-state index is -0.314. The predicted octanol–water partition coefficient (Wildman–Crippen LogP) is 0.982. The number of primary amides is 1. The fourth-order valence-corrected chi connectivity index (χ4v) is 1.38. The molecule has 0 bridgehead atoms. The molecule has 1 heterocycles. The first-order chi connectivity index (χ1) is 5.61. The highest BCUT2D eigenvalue weighted by atomic mass is 32.1. The summed E-state index contributed by atoms with van der Waals surface area (Å²) in [5, 5.41) is 0. The van der Waals surface area contributed by atoms with Gasteiger partial charge in [0.25, 0.3) is 0 Å². The number of nitrogens with one attached hydrogen (secondary N) is 1. The molecule has 3 N–H and O–H groups in total. The number of H-pyrrole nitrogens is 1. The topological polar surface area (TPSA) is 63.8 Å². The lowest BCUT2D eigenvalue weighted by Crippen LogP contribution is -2.17. The first kappa shape index (κ1) is 8.99. The second-order valence-corrected chi connectivity index (χ2v) is 3.08. The number of carbonyl (C=O) groups is 1. The molecule has 1 amide bonds. The normalized spacial score (nSPS) is 12.8. The second kappa shape index (κ2) is 3.53. The monoisotopic (exact) mass is 185 g/mol. The van der Waals surface area contributed by atoms with E-state index in [0.29, 0.717) is 11.2 Å². The third kappa shape index (κ3) is 1.94. The van der Waals surface area contributed by atoms with Crippen molar-refractivity contribution in [3.8, 4) is 0 Å². The smallest absolute Gasteiger partial charge is 0.219 e. The summed E-state index contributed by atoms with van der Waals surface area (Å²) in [6.45, 7) is 1.90. The summed E-state index contributed by atoms with van der Waals surface area (Å²) in [7, 11) is 0. The number of aromatic nitrogens is 2. The van der Waals surface area contributed by atoms with E-state index in [2.05, 4.69) is 4.98 Å². The van der Waals surface area contributed by atoms with E-state index in [1.54, 1.807) is 17.0 Å². The van der Waals surface area contributed by atoms with Crippen LogP contribution >= 0.6 is 12.2 Å². The van der Waals surface area contributed by atoms with Crippen LogP contribution in [0.25, 0.3) is 0 Å². The lowest BCUT2D eigenvalue weighted by Gasteiger charge is -2.09. The van der Waals surface area contributed by atoms with Gasteiger partial charge in [0.15, 0.2) is 4.77 Å². The molecule has 1 rings (SSSR count). The maximum absolute atomic E-state index is 10.6. The highest BCUT2D eigenvalue weighted by molar-refractivity contribution is 7.71. The number of carbonyl (C=O) groups excluding carboxylic acids is 1. The number of imidazole rings is 1. The highest BCUT2D eigenvalue weighted by Crippen LogP contribution is 2.09. The van der Waals surface area contributed by atoms with Gasteiger partial charge in [-0.2, -0.15) is 0 Å². The molecule has 0 aliphatic heterocycles. The molecule has 4 nitrogen and oxygen atoms in total. The lowest BCUT2D eigenvalue weighted by atomic mass is 10.2. The minimum Gasteiger partial charge on any atom is -0.370 e. The molecule has 0 aliphatic carbocycles. The van der Waals surface area contributed by atoms with Gasteiger partial charge in [-0.15, -0.1) is 0 Å².